The number of hydrogen-bond acceptors (Lipinski definition) is 2. The van der Waals surface area contributed by atoms with Crippen LogP contribution in [-0.4, -0.2) is 12.2 Å². The van der Waals surface area contributed by atoms with E-state index >= 15 is 0 Å². The van der Waals surface area contributed by atoms with Crippen molar-refractivity contribution in [3.05, 3.63) is 66.0 Å². The Hall–Kier alpha value is -1.96. The molecule has 0 fully saturated rings. The number of aliphatic hydroxyl groups excluding tert-OH is 1. The topological polar surface area (TPSA) is 29.5 Å². The summed E-state index contributed by atoms with van der Waals surface area (Å²) in [6.07, 6.45) is 5.92. The van der Waals surface area contributed by atoms with Crippen molar-refractivity contribution in [1.29, 1.82) is 0 Å². The molecule has 0 radical (unpaired) electrons. The van der Waals surface area contributed by atoms with E-state index < -0.39 is 0 Å². The van der Waals surface area contributed by atoms with E-state index in [1.807, 2.05) is 37.3 Å². The van der Waals surface area contributed by atoms with Gasteiger partial charge >= 0.3 is 0 Å². The van der Waals surface area contributed by atoms with Crippen LogP contribution in [0.4, 0.5) is 0 Å². The summed E-state index contributed by atoms with van der Waals surface area (Å²) in [6, 6.07) is 7.73. The largest absolute Gasteiger partial charge is 0.508 e. The molecule has 0 aliphatic heterocycles. The average molecular weight is 230 g/mol. The molecule has 2 heteroatoms. The van der Waals surface area contributed by atoms with Crippen LogP contribution in [0.15, 0.2) is 60.4 Å². The van der Waals surface area contributed by atoms with Crippen molar-refractivity contribution in [2.24, 2.45) is 0 Å². The molecule has 1 rings (SSSR count). The smallest absolute Gasteiger partial charge is 0.118 e. The number of methoxy groups -OCH3 is 1. The van der Waals surface area contributed by atoms with Gasteiger partial charge in [0, 0.05) is 6.42 Å². The molecule has 90 valence electrons. The van der Waals surface area contributed by atoms with Gasteiger partial charge in [0.25, 0.3) is 0 Å². The second-order valence-electron chi connectivity index (χ2n) is 3.71. The molecule has 2 nitrogen and oxygen atoms in total. The Balaban J connectivity index is 2.67. The summed E-state index contributed by atoms with van der Waals surface area (Å²) < 4.78 is 5.08. The lowest BCUT2D eigenvalue weighted by Gasteiger charge is -2.06. The zero-order chi connectivity index (χ0) is 12.7. The summed E-state index contributed by atoms with van der Waals surface area (Å²) in [7, 11) is 1.64. The molecule has 0 amide bonds. The number of aliphatic hydroxyl groups is 1. The summed E-state index contributed by atoms with van der Waals surface area (Å²) in [5.41, 5.74) is 1.80. The molecule has 0 unspecified atom stereocenters. The molecule has 0 spiro atoms. The molecule has 17 heavy (non-hydrogen) atoms. The fraction of sp³-hybridized carbons (Fsp3) is 0.200. The maximum absolute atomic E-state index is 9.70. The zero-order valence-corrected chi connectivity index (χ0v) is 10.3. The maximum atomic E-state index is 9.70. The molecule has 0 aromatic heterocycles. The molecule has 1 N–H and O–H groups in total. The van der Waals surface area contributed by atoms with Gasteiger partial charge in [0.05, 0.1) is 7.11 Å². The first-order chi connectivity index (χ1) is 8.17. The van der Waals surface area contributed by atoms with Crippen LogP contribution in [0.25, 0.3) is 0 Å². The molecule has 0 aliphatic carbocycles. The van der Waals surface area contributed by atoms with Gasteiger partial charge in [0.15, 0.2) is 0 Å². The Morgan fingerprint density at radius 2 is 2.00 bits per heavy atom. The monoisotopic (exact) mass is 230 g/mol. The first kappa shape index (κ1) is 13.1. The van der Waals surface area contributed by atoms with Crippen molar-refractivity contribution in [3.63, 3.8) is 0 Å². The van der Waals surface area contributed by atoms with Crippen LogP contribution in [0.1, 0.15) is 12.5 Å². The van der Waals surface area contributed by atoms with Crippen molar-refractivity contribution in [2.75, 3.05) is 7.11 Å². The quantitative estimate of drug-likeness (QED) is 0.615. The molecular weight excluding hydrogens is 212 g/mol. The van der Waals surface area contributed by atoms with Crippen LogP contribution in [0.5, 0.6) is 5.75 Å². The van der Waals surface area contributed by atoms with E-state index in [4.69, 9.17) is 4.74 Å². The van der Waals surface area contributed by atoms with Crippen LogP contribution in [0.3, 0.4) is 0 Å². The van der Waals surface area contributed by atoms with Gasteiger partial charge in [0.2, 0.25) is 0 Å². The van der Waals surface area contributed by atoms with Crippen LogP contribution < -0.4 is 4.74 Å². The van der Waals surface area contributed by atoms with Gasteiger partial charge in [-0.25, -0.2) is 0 Å². The molecule has 0 saturated carbocycles. The fourth-order valence-electron chi connectivity index (χ4n) is 1.39. The van der Waals surface area contributed by atoms with Crippen molar-refractivity contribution < 1.29 is 9.84 Å². The predicted molar refractivity (Wildman–Crippen MR) is 71.4 cm³/mol. The highest BCUT2D eigenvalue weighted by Crippen LogP contribution is 2.16. The van der Waals surface area contributed by atoms with Gasteiger partial charge in [-0.2, -0.15) is 0 Å². The van der Waals surface area contributed by atoms with E-state index in [2.05, 4.69) is 6.58 Å². The first-order valence-electron chi connectivity index (χ1n) is 5.50. The van der Waals surface area contributed by atoms with Crippen molar-refractivity contribution in [1.82, 2.24) is 0 Å². The van der Waals surface area contributed by atoms with Gasteiger partial charge < -0.3 is 9.84 Å². The van der Waals surface area contributed by atoms with Crippen LogP contribution in [0.2, 0.25) is 0 Å². The van der Waals surface area contributed by atoms with E-state index in [-0.39, 0.29) is 5.76 Å². The number of hydrogen-bond donors (Lipinski definition) is 1. The average Bonchev–Trinajstić information content (AvgIpc) is 2.36. The van der Waals surface area contributed by atoms with Crippen molar-refractivity contribution >= 4 is 0 Å². The molecular formula is C15H18O2. The van der Waals surface area contributed by atoms with E-state index in [0.717, 1.165) is 11.3 Å². The SMILES string of the molecule is C=C(Cc1ccc(OC)cc1)/C(O)=C\C=C/C. The third-order valence-electron chi connectivity index (χ3n) is 2.39. The third kappa shape index (κ3) is 4.19. The minimum atomic E-state index is 0.221. The zero-order valence-electron chi connectivity index (χ0n) is 10.3. The summed E-state index contributed by atoms with van der Waals surface area (Å²) in [5, 5.41) is 9.70. The minimum Gasteiger partial charge on any atom is -0.508 e. The molecule has 0 atom stereocenters. The first-order valence-corrected chi connectivity index (χ1v) is 5.50. The third-order valence-corrected chi connectivity index (χ3v) is 2.39. The van der Waals surface area contributed by atoms with Crippen molar-refractivity contribution in [3.8, 4) is 5.75 Å². The van der Waals surface area contributed by atoms with Gasteiger partial charge in [-0.1, -0.05) is 30.9 Å². The highest BCUT2D eigenvalue weighted by atomic mass is 16.5. The molecule has 1 aromatic rings. The minimum absolute atomic E-state index is 0.221. The number of benzene rings is 1. The van der Waals surface area contributed by atoms with Crippen LogP contribution in [0, 0.1) is 0 Å². The second kappa shape index (κ2) is 6.59. The van der Waals surface area contributed by atoms with E-state index in [0.29, 0.717) is 12.0 Å². The summed E-state index contributed by atoms with van der Waals surface area (Å²) in [5.74, 6) is 1.05. The van der Waals surface area contributed by atoms with Crippen LogP contribution in [-0.2, 0) is 6.42 Å². The van der Waals surface area contributed by atoms with E-state index in [1.54, 1.807) is 19.3 Å². The molecule has 0 bridgehead atoms. The molecule has 0 aliphatic rings. The molecule has 0 saturated heterocycles. The molecule has 1 aromatic carbocycles. The van der Waals surface area contributed by atoms with E-state index in [1.165, 1.54) is 0 Å². The van der Waals surface area contributed by atoms with Crippen molar-refractivity contribution in [2.45, 2.75) is 13.3 Å². The number of ether oxygens (including phenoxy) is 1. The Bertz CT molecular complexity index is 425. The van der Waals surface area contributed by atoms with Gasteiger partial charge in [-0.15, -0.1) is 0 Å². The lowest BCUT2D eigenvalue weighted by atomic mass is 10.0. The Morgan fingerprint density at radius 3 is 2.53 bits per heavy atom. The Kier molecular flexibility index (Phi) is 5.08. The molecule has 0 heterocycles. The Morgan fingerprint density at radius 1 is 1.35 bits per heavy atom. The number of rotatable bonds is 5. The van der Waals surface area contributed by atoms with E-state index in [9.17, 15) is 5.11 Å². The summed E-state index contributed by atoms with van der Waals surface area (Å²) >= 11 is 0. The standard InChI is InChI=1S/C15H18O2/c1-4-5-6-15(16)12(2)11-13-7-9-14(17-3)10-8-13/h4-10,16H,2,11H2,1,3H3/b5-4-,15-6+. The van der Waals surface area contributed by atoms with Gasteiger partial charge in [-0.3, -0.25) is 0 Å². The predicted octanol–water partition coefficient (Wildman–Crippen LogP) is 3.81. The lowest BCUT2D eigenvalue weighted by molar-refractivity contribution is 0.414. The normalized spacial score (nSPS) is 11.8. The van der Waals surface area contributed by atoms with Gasteiger partial charge in [-0.05, 0) is 36.3 Å². The van der Waals surface area contributed by atoms with Crippen LogP contribution >= 0.6 is 0 Å². The maximum Gasteiger partial charge on any atom is 0.118 e. The number of allylic oxidation sites excluding steroid dienone is 4. The van der Waals surface area contributed by atoms with Gasteiger partial charge in [0.1, 0.15) is 11.5 Å². The highest BCUT2D eigenvalue weighted by molar-refractivity contribution is 5.34. The fourth-order valence-corrected chi connectivity index (χ4v) is 1.39. The summed E-state index contributed by atoms with van der Waals surface area (Å²) in [4.78, 5) is 0. The highest BCUT2D eigenvalue weighted by Gasteiger charge is 2.01. The lowest BCUT2D eigenvalue weighted by Crippen LogP contribution is -1.93. The second-order valence-corrected chi connectivity index (χ2v) is 3.71. The Labute approximate surface area is 103 Å². The summed E-state index contributed by atoms with van der Waals surface area (Å²) in [6.45, 7) is 5.76.